The number of anilines is 1. The molecule has 0 bridgehead atoms. The number of aromatic nitrogens is 1. The summed E-state index contributed by atoms with van der Waals surface area (Å²) in [6.45, 7) is 1.74. The largest absolute Gasteiger partial charge is 0.423 e. The summed E-state index contributed by atoms with van der Waals surface area (Å²) in [6.07, 6.45) is 0. The summed E-state index contributed by atoms with van der Waals surface area (Å²) >= 11 is 0. The van der Waals surface area contributed by atoms with E-state index >= 15 is 0 Å². The number of halogens is 2. The van der Waals surface area contributed by atoms with Gasteiger partial charge in [0, 0.05) is 12.6 Å². The lowest BCUT2D eigenvalue weighted by atomic mass is 10.1. The fraction of sp³-hybridized carbons (Fsp3) is 0.182. The molecule has 0 amide bonds. The second-order valence-corrected chi connectivity index (χ2v) is 3.31. The van der Waals surface area contributed by atoms with E-state index in [0.29, 0.717) is 23.0 Å². The maximum Gasteiger partial charge on any atom is 0.295 e. The van der Waals surface area contributed by atoms with Gasteiger partial charge in [0.25, 0.3) is 6.01 Å². The van der Waals surface area contributed by atoms with E-state index < -0.39 is 11.6 Å². The zero-order valence-electron chi connectivity index (χ0n) is 8.84. The van der Waals surface area contributed by atoms with E-state index in [1.54, 1.807) is 14.0 Å². The van der Waals surface area contributed by atoms with Gasteiger partial charge in [-0.1, -0.05) is 0 Å². The number of nitrogens with zero attached hydrogens (tertiary/aromatic N) is 1. The van der Waals surface area contributed by atoms with Gasteiger partial charge in [-0.15, -0.1) is 0 Å². The average Bonchev–Trinajstić information content (AvgIpc) is 2.64. The van der Waals surface area contributed by atoms with E-state index in [1.165, 1.54) is 6.07 Å². The van der Waals surface area contributed by atoms with Crippen molar-refractivity contribution in [3.05, 3.63) is 35.5 Å². The number of hydrogen-bond donors (Lipinski definition) is 1. The van der Waals surface area contributed by atoms with Gasteiger partial charge >= 0.3 is 0 Å². The molecule has 2 aromatic rings. The van der Waals surface area contributed by atoms with Crippen LogP contribution >= 0.6 is 0 Å². The van der Waals surface area contributed by atoms with Crippen LogP contribution in [-0.4, -0.2) is 12.0 Å². The highest BCUT2D eigenvalue weighted by Gasteiger charge is 2.12. The Labute approximate surface area is 91.1 Å². The second kappa shape index (κ2) is 3.92. The van der Waals surface area contributed by atoms with Crippen LogP contribution in [0.4, 0.5) is 14.8 Å². The van der Waals surface area contributed by atoms with Crippen molar-refractivity contribution in [1.82, 2.24) is 4.98 Å². The molecule has 2 rings (SSSR count). The molecule has 1 N–H and O–H groups in total. The Morgan fingerprint density at radius 2 is 2.00 bits per heavy atom. The van der Waals surface area contributed by atoms with Crippen LogP contribution in [0.1, 0.15) is 5.69 Å². The first-order valence-electron chi connectivity index (χ1n) is 4.72. The van der Waals surface area contributed by atoms with Gasteiger partial charge in [-0.3, -0.25) is 0 Å². The molecule has 3 nitrogen and oxygen atoms in total. The van der Waals surface area contributed by atoms with Gasteiger partial charge in [0.1, 0.15) is 0 Å². The van der Waals surface area contributed by atoms with Crippen molar-refractivity contribution in [3.8, 4) is 11.3 Å². The Kier molecular flexibility index (Phi) is 2.60. The monoisotopic (exact) mass is 224 g/mol. The fourth-order valence-corrected chi connectivity index (χ4v) is 1.41. The van der Waals surface area contributed by atoms with Gasteiger partial charge in [0.2, 0.25) is 0 Å². The van der Waals surface area contributed by atoms with Crippen molar-refractivity contribution >= 4 is 6.01 Å². The molecule has 0 aliphatic rings. The molecular formula is C11H10F2N2O. The Bertz CT molecular complexity index is 523. The highest BCUT2D eigenvalue weighted by molar-refractivity contribution is 5.61. The zero-order chi connectivity index (χ0) is 11.7. The van der Waals surface area contributed by atoms with Crippen LogP contribution in [0.25, 0.3) is 11.3 Å². The topological polar surface area (TPSA) is 38.1 Å². The van der Waals surface area contributed by atoms with Crippen LogP contribution in [0.3, 0.4) is 0 Å². The highest BCUT2D eigenvalue weighted by atomic mass is 19.2. The number of hydrogen-bond acceptors (Lipinski definition) is 3. The SMILES string of the molecule is CNc1nc(C)c(-c2ccc(F)c(F)c2)o1. The maximum absolute atomic E-state index is 13.0. The molecule has 0 unspecified atom stereocenters. The van der Waals surface area contributed by atoms with Crippen LogP contribution in [0.2, 0.25) is 0 Å². The quantitative estimate of drug-likeness (QED) is 0.852. The number of benzene rings is 1. The summed E-state index contributed by atoms with van der Waals surface area (Å²) in [5, 5.41) is 2.74. The molecule has 5 heteroatoms. The van der Waals surface area contributed by atoms with E-state index in [-0.39, 0.29) is 0 Å². The third kappa shape index (κ3) is 1.76. The van der Waals surface area contributed by atoms with Crippen molar-refractivity contribution in [1.29, 1.82) is 0 Å². The number of nitrogens with one attached hydrogen (secondary N) is 1. The Balaban J connectivity index is 2.49. The van der Waals surface area contributed by atoms with Crippen molar-refractivity contribution in [3.63, 3.8) is 0 Å². The van der Waals surface area contributed by atoms with Gasteiger partial charge in [0.15, 0.2) is 17.4 Å². The summed E-state index contributed by atoms with van der Waals surface area (Å²) < 4.78 is 31.1. The normalized spacial score (nSPS) is 10.5. The highest BCUT2D eigenvalue weighted by Crippen LogP contribution is 2.27. The Morgan fingerprint density at radius 3 is 2.56 bits per heavy atom. The summed E-state index contributed by atoms with van der Waals surface area (Å²) in [7, 11) is 1.67. The third-order valence-electron chi connectivity index (χ3n) is 2.19. The number of aryl methyl sites for hydroxylation is 1. The molecule has 0 saturated heterocycles. The van der Waals surface area contributed by atoms with Crippen molar-refractivity contribution < 1.29 is 13.2 Å². The van der Waals surface area contributed by atoms with Crippen LogP contribution in [-0.2, 0) is 0 Å². The molecule has 0 spiro atoms. The van der Waals surface area contributed by atoms with Gasteiger partial charge < -0.3 is 9.73 Å². The Morgan fingerprint density at radius 1 is 1.25 bits per heavy atom. The first-order valence-corrected chi connectivity index (χ1v) is 4.72. The molecule has 0 atom stereocenters. The molecule has 84 valence electrons. The minimum atomic E-state index is -0.903. The van der Waals surface area contributed by atoms with Crippen molar-refractivity contribution in [2.45, 2.75) is 6.92 Å². The van der Waals surface area contributed by atoms with E-state index in [4.69, 9.17) is 4.42 Å². The van der Waals surface area contributed by atoms with Crippen LogP contribution in [0.15, 0.2) is 22.6 Å². The molecule has 0 fully saturated rings. The summed E-state index contributed by atoms with van der Waals surface area (Å²) in [5.41, 5.74) is 1.08. The van der Waals surface area contributed by atoms with Gasteiger partial charge in [0.05, 0.1) is 5.69 Å². The molecular weight excluding hydrogens is 214 g/mol. The molecule has 1 aromatic heterocycles. The van der Waals surface area contributed by atoms with Gasteiger partial charge in [-0.25, -0.2) is 8.78 Å². The standard InChI is InChI=1S/C11H10F2N2O/c1-6-10(16-11(14-2)15-6)7-3-4-8(12)9(13)5-7/h3-5H,1-2H3,(H,14,15). The maximum atomic E-state index is 13.0. The molecule has 0 aliphatic carbocycles. The van der Waals surface area contributed by atoms with Crippen molar-refractivity contribution in [2.24, 2.45) is 0 Å². The van der Waals surface area contributed by atoms with E-state index in [1.807, 2.05) is 0 Å². The van der Waals surface area contributed by atoms with Gasteiger partial charge in [-0.2, -0.15) is 4.98 Å². The van der Waals surface area contributed by atoms with E-state index in [2.05, 4.69) is 10.3 Å². The summed E-state index contributed by atoms with van der Waals surface area (Å²) in [4.78, 5) is 4.06. The predicted octanol–water partition coefficient (Wildman–Crippen LogP) is 2.97. The zero-order valence-corrected chi connectivity index (χ0v) is 8.84. The summed E-state index contributed by atoms with van der Waals surface area (Å²) in [5.74, 6) is -1.35. The minimum Gasteiger partial charge on any atom is -0.423 e. The lowest BCUT2D eigenvalue weighted by Crippen LogP contribution is -1.86. The molecule has 0 aliphatic heterocycles. The Hall–Kier alpha value is -1.91. The second-order valence-electron chi connectivity index (χ2n) is 3.31. The lowest BCUT2D eigenvalue weighted by Gasteiger charge is -1.98. The number of oxazole rings is 1. The molecule has 0 saturated carbocycles. The first kappa shape index (κ1) is 10.6. The third-order valence-corrected chi connectivity index (χ3v) is 2.19. The van der Waals surface area contributed by atoms with E-state index in [0.717, 1.165) is 12.1 Å². The smallest absolute Gasteiger partial charge is 0.295 e. The van der Waals surface area contributed by atoms with E-state index in [9.17, 15) is 8.78 Å². The van der Waals surface area contributed by atoms with Crippen LogP contribution in [0.5, 0.6) is 0 Å². The van der Waals surface area contributed by atoms with Crippen LogP contribution in [0, 0.1) is 18.6 Å². The fourth-order valence-electron chi connectivity index (χ4n) is 1.41. The predicted molar refractivity (Wildman–Crippen MR) is 56.1 cm³/mol. The summed E-state index contributed by atoms with van der Waals surface area (Å²) in [6, 6.07) is 3.94. The lowest BCUT2D eigenvalue weighted by molar-refractivity contribution is 0.508. The van der Waals surface area contributed by atoms with Crippen LogP contribution < -0.4 is 5.32 Å². The molecule has 1 aromatic carbocycles. The van der Waals surface area contributed by atoms with Crippen molar-refractivity contribution in [2.75, 3.05) is 12.4 Å². The molecule has 1 heterocycles. The minimum absolute atomic E-state index is 0.345. The first-order chi connectivity index (χ1) is 7.61. The number of rotatable bonds is 2. The molecule has 0 radical (unpaired) electrons. The average molecular weight is 224 g/mol. The van der Waals surface area contributed by atoms with Gasteiger partial charge in [-0.05, 0) is 25.1 Å². The molecule has 16 heavy (non-hydrogen) atoms.